The monoisotopic (exact) mass is 741 g/mol. The Kier molecular flexibility index (Phi) is 7.02. The summed E-state index contributed by atoms with van der Waals surface area (Å²) in [6, 6.07) is 20.2. The van der Waals surface area contributed by atoms with Crippen LogP contribution in [0.1, 0.15) is 102 Å². The minimum Gasteiger partial charge on any atom is -0.463 e. The summed E-state index contributed by atoms with van der Waals surface area (Å²) in [6.45, 7) is 0. The van der Waals surface area contributed by atoms with Crippen LogP contribution in [0.3, 0.4) is 0 Å². The second kappa shape index (κ2) is 12.3. The lowest BCUT2D eigenvalue weighted by Crippen LogP contribution is -2.49. The number of nitrogens with one attached hydrogen (secondary N) is 1. The van der Waals surface area contributed by atoms with Gasteiger partial charge in [0.1, 0.15) is 17.4 Å². The van der Waals surface area contributed by atoms with Gasteiger partial charge in [-0.25, -0.2) is 0 Å². The van der Waals surface area contributed by atoms with Crippen molar-refractivity contribution >= 4 is 22.6 Å². The van der Waals surface area contributed by atoms with Crippen LogP contribution >= 0.6 is 0 Å². The summed E-state index contributed by atoms with van der Waals surface area (Å²) >= 11 is 0. The van der Waals surface area contributed by atoms with Gasteiger partial charge in [-0.2, -0.15) is 0 Å². The lowest BCUT2D eigenvalue weighted by molar-refractivity contribution is 0.0781. The first-order valence-electron chi connectivity index (χ1n) is 21.6. The molecule has 13 rings (SSSR count). The molecule has 2 heterocycles. The molecule has 1 aromatic heterocycles. The van der Waals surface area contributed by atoms with Crippen LogP contribution in [0.4, 0.5) is 0 Å². The van der Waals surface area contributed by atoms with E-state index in [1.54, 1.807) is 11.1 Å². The van der Waals surface area contributed by atoms with Crippen LogP contribution in [0, 0.1) is 23.7 Å². The summed E-state index contributed by atoms with van der Waals surface area (Å²) in [6.07, 6.45) is 36.1. The van der Waals surface area contributed by atoms with Crippen molar-refractivity contribution in [2.24, 2.45) is 34.4 Å². The SMILES string of the molecule is NC1C2CC=CC=C2c2c(oc3c2C2=C4C(=CCC2)c2ccccc2C2C5C=C(C6=C7C=CCCC7N=C(c7ccccc7)N6)C=CC3C5C42)C1C1=CC=CCC1. The topological polar surface area (TPSA) is 63.5 Å². The van der Waals surface area contributed by atoms with E-state index >= 15 is 0 Å². The summed E-state index contributed by atoms with van der Waals surface area (Å²) in [5.41, 5.74) is 25.6. The second-order valence-electron chi connectivity index (χ2n) is 17.9. The molecule has 0 radical (unpaired) electrons. The van der Waals surface area contributed by atoms with Crippen LogP contribution in [0.15, 0.2) is 165 Å². The van der Waals surface area contributed by atoms with Gasteiger partial charge in [0.25, 0.3) is 0 Å². The van der Waals surface area contributed by atoms with Crippen LogP contribution in [0.2, 0.25) is 0 Å². The molecular weight excluding hydrogens is 695 g/mol. The first kappa shape index (κ1) is 32.6. The van der Waals surface area contributed by atoms with Crippen molar-refractivity contribution < 1.29 is 4.42 Å². The zero-order valence-corrected chi connectivity index (χ0v) is 32.2. The van der Waals surface area contributed by atoms with Gasteiger partial charge >= 0.3 is 0 Å². The maximum Gasteiger partial charge on any atom is 0.133 e. The van der Waals surface area contributed by atoms with Gasteiger partial charge in [0.15, 0.2) is 0 Å². The third kappa shape index (κ3) is 4.51. The molecule has 280 valence electrons. The average molecular weight is 742 g/mol. The molecule has 9 atom stereocenters. The first-order chi connectivity index (χ1) is 28.2. The quantitative estimate of drug-likeness (QED) is 0.281. The van der Waals surface area contributed by atoms with Crippen molar-refractivity contribution in [3.63, 3.8) is 0 Å². The average Bonchev–Trinajstić information content (AvgIpc) is 3.52. The van der Waals surface area contributed by atoms with E-state index < -0.39 is 0 Å². The number of rotatable bonds is 3. The number of aliphatic imine (C=N–C) groups is 1. The van der Waals surface area contributed by atoms with Crippen LogP contribution in [0.5, 0.6) is 0 Å². The highest BCUT2D eigenvalue weighted by molar-refractivity contribution is 6.02. The van der Waals surface area contributed by atoms with E-state index in [2.05, 4.69) is 133 Å². The van der Waals surface area contributed by atoms with E-state index in [9.17, 15) is 0 Å². The Labute approximate surface area is 335 Å². The summed E-state index contributed by atoms with van der Waals surface area (Å²) in [7, 11) is 0. The molecule has 9 aliphatic carbocycles. The zero-order chi connectivity index (χ0) is 37.4. The summed E-state index contributed by atoms with van der Waals surface area (Å²) in [5, 5.41) is 3.92. The Morgan fingerprint density at radius 3 is 2.63 bits per heavy atom. The van der Waals surface area contributed by atoms with Gasteiger partial charge in [0.2, 0.25) is 0 Å². The predicted octanol–water partition coefficient (Wildman–Crippen LogP) is 11.1. The van der Waals surface area contributed by atoms with Gasteiger partial charge in [-0.15, -0.1) is 0 Å². The smallest absolute Gasteiger partial charge is 0.133 e. The lowest BCUT2D eigenvalue weighted by Gasteiger charge is -2.57. The van der Waals surface area contributed by atoms with Gasteiger partial charge in [0.05, 0.1) is 17.7 Å². The van der Waals surface area contributed by atoms with Gasteiger partial charge in [-0.1, -0.05) is 133 Å². The molecule has 1 aliphatic heterocycles. The van der Waals surface area contributed by atoms with Gasteiger partial charge in [-0.3, -0.25) is 4.99 Å². The molecule has 10 aliphatic rings. The van der Waals surface area contributed by atoms with Crippen molar-refractivity contribution in [1.29, 1.82) is 0 Å². The number of hydrogen-bond donors (Lipinski definition) is 2. The Balaban J connectivity index is 1.05. The molecule has 0 amide bonds. The molecule has 2 aromatic carbocycles. The van der Waals surface area contributed by atoms with Crippen LogP contribution in [-0.4, -0.2) is 17.9 Å². The van der Waals surface area contributed by atoms with E-state index in [4.69, 9.17) is 15.1 Å². The standard InChI is InChI=1S/C53H47N3O/c54-49-36-21-10-9-20-35(36)46-47-38-24-13-23-34-32-18-7-8-19-33(32)44-40-28-31(50-37-22-11-12-25-41(37)55-53(56-50)30-16-5-2-6-17-30)26-27-39(45(40)48(44)43(34)38)51(47)57-52(46)42(49)29-14-3-1-4-15-29/h1-3,5-11,14,16-20,22-23,26-28,36,39-42,44-45,48-49H,4,12-13,15,21,24-25,54H2,(H,55,56). The Hall–Kier alpha value is -5.45. The molecule has 3 N–H and O–H groups in total. The van der Waals surface area contributed by atoms with E-state index in [-0.39, 0.29) is 29.8 Å². The molecule has 1 saturated carbocycles. The lowest BCUT2D eigenvalue weighted by atomic mass is 9.45. The van der Waals surface area contributed by atoms with Gasteiger partial charge < -0.3 is 15.5 Å². The number of fused-ring (bicyclic) bond motifs is 12. The fourth-order valence-corrected chi connectivity index (χ4v) is 13.0. The number of furan rings is 1. The highest BCUT2D eigenvalue weighted by atomic mass is 16.3. The number of nitrogens with zero attached hydrogens (tertiary/aromatic N) is 1. The Morgan fingerprint density at radius 2 is 1.72 bits per heavy atom. The van der Waals surface area contributed by atoms with E-state index in [1.807, 2.05) is 0 Å². The molecule has 3 aromatic rings. The number of nitrogens with two attached hydrogens (primary N) is 1. The molecule has 4 nitrogen and oxygen atoms in total. The molecule has 9 unspecified atom stereocenters. The summed E-state index contributed by atoms with van der Waals surface area (Å²) in [5.74, 6) is 5.41. The fraction of sp³-hybridized carbons (Fsp3) is 0.302. The fourth-order valence-electron chi connectivity index (χ4n) is 13.0. The molecule has 1 fully saturated rings. The number of hydrogen-bond acceptors (Lipinski definition) is 4. The van der Waals surface area contributed by atoms with E-state index in [1.165, 1.54) is 61.6 Å². The normalized spacial score (nSPS) is 33.3. The van der Waals surface area contributed by atoms with Crippen LogP contribution < -0.4 is 11.1 Å². The molecule has 0 saturated heterocycles. The minimum atomic E-state index is -0.0171. The van der Waals surface area contributed by atoms with Crippen molar-refractivity contribution in [3.05, 3.63) is 195 Å². The third-order valence-corrected chi connectivity index (χ3v) is 15.3. The highest BCUT2D eigenvalue weighted by Crippen LogP contribution is 2.71. The molecule has 0 spiro atoms. The van der Waals surface area contributed by atoms with Crippen molar-refractivity contribution in [2.75, 3.05) is 0 Å². The van der Waals surface area contributed by atoms with Crippen molar-refractivity contribution in [1.82, 2.24) is 5.32 Å². The van der Waals surface area contributed by atoms with Crippen LogP contribution in [-0.2, 0) is 0 Å². The van der Waals surface area contributed by atoms with E-state index in [0.29, 0.717) is 23.7 Å². The second-order valence-corrected chi connectivity index (χ2v) is 17.9. The first-order valence-corrected chi connectivity index (χ1v) is 21.6. The Morgan fingerprint density at radius 1 is 0.825 bits per heavy atom. The predicted molar refractivity (Wildman–Crippen MR) is 230 cm³/mol. The summed E-state index contributed by atoms with van der Waals surface area (Å²) < 4.78 is 7.65. The largest absolute Gasteiger partial charge is 0.463 e. The highest BCUT2D eigenvalue weighted by Gasteiger charge is 2.61. The number of amidine groups is 1. The maximum atomic E-state index is 7.65. The molecule has 57 heavy (non-hydrogen) atoms. The van der Waals surface area contributed by atoms with Gasteiger partial charge in [0, 0.05) is 40.1 Å². The maximum absolute atomic E-state index is 7.65. The minimum absolute atomic E-state index is 0.0171. The summed E-state index contributed by atoms with van der Waals surface area (Å²) in [4.78, 5) is 5.31. The van der Waals surface area contributed by atoms with Crippen molar-refractivity contribution in [3.8, 4) is 0 Å². The van der Waals surface area contributed by atoms with Crippen LogP contribution in [0.25, 0.3) is 16.7 Å². The molecular formula is C53H47N3O. The van der Waals surface area contributed by atoms with Crippen molar-refractivity contribution in [2.45, 2.75) is 74.8 Å². The third-order valence-electron chi connectivity index (χ3n) is 15.3. The number of allylic oxidation sites excluding steroid dienone is 14. The number of benzene rings is 2. The Bertz CT molecular complexity index is 2640. The zero-order valence-electron chi connectivity index (χ0n) is 32.2. The van der Waals surface area contributed by atoms with Gasteiger partial charge in [-0.05, 0) is 108 Å². The van der Waals surface area contributed by atoms with E-state index in [0.717, 1.165) is 62.1 Å². The molecule has 4 heteroatoms. The molecule has 0 bridgehead atoms.